The number of halogens is 2. The van der Waals surface area contributed by atoms with Crippen LogP contribution in [0.5, 0.6) is 0 Å². The number of likely N-dealkylation sites (N-methyl/N-ethyl adjacent to an activating group) is 1. The number of carbonyl (C=O) groups excluding carboxylic acids is 2. The summed E-state index contributed by atoms with van der Waals surface area (Å²) in [6, 6.07) is 5.39. The van der Waals surface area contributed by atoms with Gasteiger partial charge in [-0.25, -0.2) is 18.7 Å². The first-order valence-corrected chi connectivity index (χ1v) is 11.6. The molecule has 3 N–H and O–H groups in total. The standard InChI is InChI=1S/C21H24ClFN4O4S/c1-11-5-7-15(23)19(12(11)2)13(3)20(21(29)25-24)27-10-18(28)26(4)16-9-14(22)6-8-17(16)32(27,30)31/h5-9,13,20H,10,24H2,1-4H3,(H,25,29)/t13?,20-/m0/s1. The molecule has 0 bridgehead atoms. The summed E-state index contributed by atoms with van der Waals surface area (Å²) in [4.78, 5) is 26.7. The maximum absolute atomic E-state index is 14.9. The third-order valence-corrected chi connectivity index (χ3v) is 8.03. The van der Waals surface area contributed by atoms with Gasteiger partial charge >= 0.3 is 0 Å². The van der Waals surface area contributed by atoms with Gasteiger partial charge in [0.25, 0.3) is 5.91 Å². The van der Waals surface area contributed by atoms with Gasteiger partial charge in [0.05, 0.1) is 12.2 Å². The van der Waals surface area contributed by atoms with Crippen molar-refractivity contribution in [3.63, 3.8) is 0 Å². The Morgan fingerprint density at radius 2 is 1.91 bits per heavy atom. The molecule has 0 fully saturated rings. The quantitative estimate of drug-likeness (QED) is 0.394. The Hall–Kier alpha value is -2.53. The summed E-state index contributed by atoms with van der Waals surface area (Å²) in [5, 5.41) is 0.245. The Kier molecular flexibility index (Phi) is 6.62. The van der Waals surface area contributed by atoms with E-state index in [4.69, 9.17) is 17.4 Å². The Labute approximate surface area is 191 Å². The van der Waals surface area contributed by atoms with Gasteiger partial charge in [-0.15, -0.1) is 0 Å². The van der Waals surface area contributed by atoms with E-state index in [1.165, 1.54) is 43.1 Å². The number of aryl methyl sites for hydroxylation is 1. The van der Waals surface area contributed by atoms with Crippen molar-refractivity contribution in [1.82, 2.24) is 9.73 Å². The van der Waals surface area contributed by atoms with E-state index in [2.05, 4.69) is 0 Å². The lowest BCUT2D eigenvalue weighted by atomic mass is 9.87. The molecule has 0 saturated carbocycles. The fraction of sp³-hybridized carbons (Fsp3) is 0.333. The van der Waals surface area contributed by atoms with Crippen LogP contribution in [0.2, 0.25) is 5.02 Å². The minimum Gasteiger partial charge on any atom is -0.313 e. The molecule has 1 aliphatic rings. The Bertz CT molecular complexity index is 1200. The summed E-state index contributed by atoms with van der Waals surface area (Å²) in [5.41, 5.74) is 3.58. The molecule has 8 nitrogen and oxygen atoms in total. The third-order valence-electron chi connectivity index (χ3n) is 5.92. The highest BCUT2D eigenvalue weighted by molar-refractivity contribution is 7.89. The molecule has 11 heteroatoms. The predicted octanol–water partition coefficient (Wildman–Crippen LogP) is 2.23. The molecule has 0 aliphatic carbocycles. The van der Waals surface area contributed by atoms with E-state index in [-0.39, 0.29) is 21.2 Å². The number of rotatable bonds is 4. The van der Waals surface area contributed by atoms with Gasteiger partial charge in [-0.05, 0) is 54.8 Å². The number of benzene rings is 2. The van der Waals surface area contributed by atoms with Gasteiger partial charge in [0.1, 0.15) is 16.8 Å². The van der Waals surface area contributed by atoms with E-state index < -0.39 is 46.2 Å². The lowest BCUT2D eigenvalue weighted by Crippen LogP contribution is -2.55. The van der Waals surface area contributed by atoms with Crippen LogP contribution in [0.4, 0.5) is 10.1 Å². The van der Waals surface area contributed by atoms with Gasteiger partial charge in [0.15, 0.2) is 0 Å². The minimum absolute atomic E-state index is 0.0856. The van der Waals surface area contributed by atoms with Crippen LogP contribution >= 0.6 is 11.6 Å². The van der Waals surface area contributed by atoms with Crippen molar-refractivity contribution in [3.05, 3.63) is 57.9 Å². The van der Waals surface area contributed by atoms with Crippen LogP contribution in [-0.2, 0) is 19.6 Å². The van der Waals surface area contributed by atoms with Crippen LogP contribution in [0, 0.1) is 19.7 Å². The normalized spacial score (nSPS) is 18.0. The van der Waals surface area contributed by atoms with E-state index in [0.717, 1.165) is 9.87 Å². The van der Waals surface area contributed by atoms with E-state index >= 15 is 0 Å². The number of carbonyl (C=O) groups is 2. The average molecular weight is 483 g/mol. The van der Waals surface area contributed by atoms with Gasteiger partial charge in [0, 0.05) is 18.0 Å². The first kappa shape index (κ1) is 24.1. The summed E-state index contributed by atoms with van der Waals surface area (Å²) in [7, 11) is -2.95. The zero-order valence-electron chi connectivity index (χ0n) is 18.0. The summed E-state index contributed by atoms with van der Waals surface area (Å²) in [6.07, 6.45) is 0. The second kappa shape index (κ2) is 8.78. The molecule has 2 amide bonds. The highest BCUT2D eigenvalue weighted by Gasteiger charge is 2.45. The van der Waals surface area contributed by atoms with Gasteiger partial charge in [-0.2, -0.15) is 4.31 Å². The summed E-state index contributed by atoms with van der Waals surface area (Å²) >= 11 is 6.02. The van der Waals surface area contributed by atoms with Crippen LogP contribution in [-0.4, -0.2) is 44.2 Å². The Morgan fingerprint density at radius 1 is 1.25 bits per heavy atom. The van der Waals surface area contributed by atoms with Crippen molar-refractivity contribution in [2.24, 2.45) is 5.84 Å². The molecule has 0 saturated heterocycles. The van der Waals surface area contributed by atoms with Crippen LogP contribution in [0.15, 0.2) is 35.2 Å². The number of anilines is 1. The van der Waals surface area contributed by atoms with Crippen LogP contribution in [0.1, 0.15) is 29.5 Å². The third kappa shape index (κ3) is 3.99. The van der Waals surface area contributed by atoms with Crippen molar-refractivity contribution >= 4 is 39.1 Å². The predicted molar refractivity (Wildman–Crippen MR) is 119 cm³/mol. The monoisotopic (exact) mass is 482 g/mol. The van der Waals surface area contributed by atoms with Gasteiger partial charge in [0.2, 0.25) is 15.9 Å². The van der Waals surface area contributed by atoms with Crippen LogP contribution < -0.4 is 16.2 Å². The van der Waals surface area contributed by atoms with Crippen molar-refractivity contribution < 1.29 is 22.4 Å². The largest absolute Gasteiger partial charge is 0.313 e. The summed E-state index contributed by atoms with van der Waals surface area (Å²) < 4.78 is 42.9. The van der Waals surface area contributed by atoms with Gasteiger partial charge in [-0.3, -0.25) is 15.0 Å². The molecule has 3 rings (SSSR count). The molecule has 2 aromatic rings. The number of hydrogen-bond acceptors (Lipinski definition) is 5. The fourth-order valence-electron chi connectivity index (χ4n) is 4.02. The number of nitrogens with zero attached hydrogens (tertiary/aromatic N) is 2. The number of fused-ring (bicyclic) bond motifs is 1. The molecular weight excluding hydrogens is 459 g/mol. The Morgan fingerprint density at radius 3 is 2.53 bits per heavy atom. The minimum atomic E-state index is -4.37. The first-order valence-electron chi connectivity index (χ1n) is 9.75. The second-order valence-corrected chi connectivity index (χ2v) is 10.1. The number of hydrazine groups is 1. The smallest absolute Gasteiger partial charge is 0.252 e. The zero-order chi connectivity index (χ0) is 24.0. The highest BCUT2D eigenvalue weighted by atomic mass is 35.5. The van der Waals surface area contributed by atoms with E-state index in [0.29, 0.717) is 5.56 Å². The van der Waals surface area contributed by atoms with Crippen molar-refractivity contribution in [3.8, 4) is 0 Å². The highest BCUT2D eigenvalue weighted by Crippen LogP contribution is 2.37. The molecule has 0 spiro atoms. The molecule has 1 heterocycles. The van der Waals surface area contributed by atoms with Crippen LogP contribution in [0.3, 0.4) is 0 Å². The summed E-state index contributed by atoms with van der Waals surface area (Å²) in [5.74, 6) is 2.38. The first-order chi connectivity index (χ1) is 14.9. The zero-order valence-corrected chi connectivity index (χ0v) is 19.6. The maximum Gasteiger partial charge on any atom is 0.252 e. The number of nitrogens with two attached hydrogens (primary N) is 1. The number of nitrogens with one attached hydrogen (secondary N) is 1. The van der Waals surface area contributed by atoms with E-state index in [9.17, 15) is 22.4 Å². The van der Waals surface area contributed by atoms with Gasteiger partial charge in [-0.1, -0.05) is 24.6 Å². The number of amides is 2. The fourth-order valence-corrected chi connectivity index (χ4v) is 5.99. The summed E-state index contributed by atoms with van der Waals surface area (Å²) in [6.45, 7) is 4.36. The maximum atomic E-state index is 14.9. The van der Waals surface area contributed by atoms with Crippen molar-refractivity contribution in [2.45, 2.75) is 37.6 Å². The molecule has 1 unspecified atom stereocenters. The topological polar surface area (TPSA) is 113 Å². The van der Waals surface area contributed by atoms with Crippen molar-refractivity contribution in [1.29, 1.82) is 0 Å². The molecule has 2 aromatic carbocycles. The lowest BCUT2D eigenvalue weighted by Gasteiger charge is -2.33. The molecular formula is C21H24ClFN4O4S. The van der Waals surface area contributed by atoms with Crippen LogP contribution in [0.25, 0.3) is 0 Å². The lowest BCUT2D eigenvalue weighted by molar-refractivity contribution is -0.126. The second-order valence-electron chi connectivity index (χ2n) is 7.76. The van der Waals surface area contributed by atoms with E-state index in [1.807, 2.05) is 5.43 Å². The average Bonchev–Trinajstić information content (AvgIpc) is 2.80. The molecule has 172 valence electrons. The molecule has 0 aromatic heterocycles. The molecule has 1 aliphatic heterocycles. The van der Waals surface area contributed by atoms with E-state index in [1.54, 1.807) is 19.9 Å². The SMILES string of the molecule is Cc1ccc(F)c(C(C)[C@@H](C(=O)NN)N2CC(=O)N(C)c3cc(Cl)ccc3S2(=O)=O)c1C. The number of hydrogen-bond donors (Lipinski definition) is 2. The van der Waals surface area contributed by atoms with Crippen molar-refractivity contribution in [2.75, 3.05) is 18.5 Å². The molecule has 32 heavy (non-hydrogen) atoms. The molecule has 0 radical (unpaired) electrons. The van der Waals surface area contributed by atoms with Gasteiger partial charge < -0.3 is 4.90 Å². The Balaban J connectivity index is 2.25. The molecule has 2 atom stereocenters. The number of sulfonamides is 1.